The van der Waals surface area contributed by atoms with E-state index in [1.165, 1.54) is 18.2 Å². The summed E-state index contributed by atoms with van der Waals surface area (Å²) in [4.78, 5) is 23.9. The third kappa shape index (κ3) is 4.38. The molecule has 110 valence electrons. The number of non-ortho nitro benzene ring substituents is 1. The zero-order valence-corrected chi connectivity index (χ0v) is 12.3. The first kappa shape index (κ1) is 16.2. The number of benzene rings is 1. The van der Waals surface area contributed by atoms with Crippen LogP contribution in [0.1, 0.15) is 26.7 Å². The molecule has 0 saturated carbocycles. The lowest BCUT2D eigenvalue weighted by molar-refractivity contribution is -0.384. The van der Waals surface area contributed by atoms with Gasteiger partial charge in [0, 0.05) is 25.2 Å². The van der Waals surface area contributed by atoms with Gasteiger partial charge in [0.1, 0.15) is 0 Å². The Morgan fingerprint density at radius 2 is 1.95 bits per heavy atom. The Bertz CT molecular complexity index is 488. The molecule has 1 rings (SSSR count). The molecule has 0 aromatic heterocycles. The van der Waals surface area contributed by atoms with Crippen LogP contribution in [0.5, 0.6) is 0 Å². The van der Waals surface area contributed by atoms with Crippen LogP contribution in [0.4, 0.5) is 16.2 Å². The van der Waals surface area contributed by atoms with Crippen LogP contribution in [0.15, 0.2) is 18.2 Å². The second-order valence-corrected chi connectivity index (χ2v) is 4.75. The largest absolute Gasteiger partial charge is 0.325 e. The highest BCUT2D eigenvalue weighted by molar-refractivity contribution is 6.33. The Balaban J connectivity index is 2.81. The van der Waals surface area contributed by atoms with Gasteiger partial charge in [-0.15, -0.1) is 0 Å². The molecule has 1 aromatic rings. The number of amides is 2. The lowest BCUT2D eigenvalue weighted by Crippen LogP contribution is -2.36. The number of rotatable bonds is 6. The number of nitrogens with one attached hydrogen (secondary N) is 1. The fraction of sp³-hybridized carbons (Fsp3) is 0.462. The number of hydrogen-bond donors (Lipinski definition) is 1. The van der Waals surface area contributed by atoms with Crippen molar-refractivity contribution in [2.75, 3.05) is 18.4 Å². The van der Waals surface area contributed by atoms with E-state index < -0.39 is 4.92 Å². The third-order valence-electron chi connectivity index (χ3n) is 2.68. The number of nitro groups is 1. The predicted molar refractivity (Wildman–Crippen MR) is 79.3 cm³/mol. The Morgan fingerprint density at radius 1 is 1.35 bits per heavy atom. The van der Waals surface area contributed by atoms with Gasteiger partial charge in [0.05, 0.1) is 15.6 Å². The topological polar surface area (TPSA) is 75.5 Å². The van der Waals surface area contributed by atoms with E-state index in [-0.39, 0.29) is 16.7 Å². The van der Waals surface area contributed by atoms with E-state index in [1.54, 1.807) is 4.90 Å². The highest BCUT2D eigenvalue weighted by Crippen LogP contribution is 2.26. The van der Waals surface area contributed by atoms with Crippen LogP contribution in [0.3, 0.4) is 0 Å². The number of nitro benzene ring substituents is 1. The van der Waals surface area contributed by atoms with Crippen LogP contribution in [-0.4, -0.2) is 28.9 Å². The van der Waals surface area contributed by atoms with Gasteiger partial charge in [-0.05, 0) is 18.9 Å². The SMILES string of the molecule is CCCN(CCC)C(=O)Nc1ccc([N+](=O)[O-])cc1Cl. The molecule has 0 unspecified atom stereocenters. The molecule has 0 bridgehead atoms. The Kier molecular flexibility index (Phi) is 6.24. The van der Waals surface area contributed by atoms with Gasteiger partial charge in [-0.25, -0.2) is 4.79 Å². The zero-order chi connectivity index (χ0) is 15.1. The molecule has 0 saturated heterocycles. The molecule has 0 aliphatic carbocycles. The summed E-state index contributed by atoms with van der Waals surface area (Å²) in [6.45, 7) is 5.30. The molecule has 2 amide bonds. The van der Waals surface area contributed by atoms with Crippen molar-refractivity contribution in [3.8, 4) is 0 Å². The molecule has 6 nitrogen and oxygen atoms in total. The summed E-state index contributed by atoms with van der Waals surface area (Å²) in [6.07, 6.45) is 1.73. The molecule has 1 aromatic carbocycles. The number of hydrogen-bond acceptors (Lipinski definition) is 3. The van der Waals surface area contributed by atoms with Crippen molar-refractivity contribution in [3.05, 3.63) is 33.3 Å². The van der Waals surface area contributed by atoms with E-state index in [2.05, 4.69) is 5.32 Å². The first-order valence-electron chi connectivity index (χ1n) is 6.49. The third-order valence-corrected chi connectivity index (χ3v) is 2.99. The molecule has 0 atom stereocenters. The zero-order valence-electron chi connectivity index (χ0n) is 11.6. The second kappa shape index (κ2) is 7.69. The first-order valence-corrected chi connectivity index (χ1v) is 6.87. The van der Waals surface area contributed by atoms with Crippen molar-refractivity contribution >= 4 is 29.0 Å². The number of urea groups is 1. The average Bonchev–Trinajstić information content (AvgIpc) is 2.40. The van der Waals surface area contributed by atoms with Crippen molar-refractivity contribution in [3.63, 3.8) is 0 Å². The summed E-state index contributed by atoms with van der Waals surface area (Å²) < 4.78 is 0. The van der Waals surface area contributed by atoms with Crippen molar-refractivity contribution in [2.24, 2.45) is 0 Å². The standard InChI is InChI=1S/C13H18ClN3O3/c1-3-7-16(8-4-2)13(18)15-12-6-5-10(17(19)20)9-11(12)14/h5-6,9H,3-4,7-8H2,1-2H3,(H,15,18). The maximum absolute atomic E-state index is 12.1. The minimum absolute atomic E-state index is 0.105. The van der Waals surface area contributed by atoms with Crippen LogP contribution in [0, 0.1) is 10.1 Å². The maximum atomic E-state index is 12.1. The van der Waals surface area contributed by atoms with Gasteiger partial charge in [-0.2, -0.15) is 0 Å². The molecule has 7 heteroatoms. The lowest BCUT2D eigenvalue weighted by Gasteiger charge is -2.22. The molecule has 20 heavy (non-hydrogen) atoms. The van der Waals surface area contributed by atoms with Crippen LogP contribution in [-0.2, 0) is 0 Å². The van der Waals surface area contributed by atoms with Crippen molar-refractivity contribution in [2.45, 2.75) is 26.7 Å². The predicted octanol–water partition coefficient (Wildman–Crippen LogP) is 3.90. The van der Waals surface area contributed by atoms with Gasteiger partial charge < -0.3 is 10.2 Å². The van der Waals surface area contributed by atoms with Crippen LogP contribution in [0.2, 0.25) is 5.02 Å². The number of halogens is 1. The maximum Gasteiger partial charge on any atom is 0.321 e. The van der Waals surface area contributed by atoms with E-state index in [9.17, 15) is 14.9 Å². The Labute approximate surface area is 122 Å². The van der Waals surface area contributed by atoms with Gasteiger partial charge in [0.25, 0.3) is 5.69 Å². The van der Waals surface area contributed by atoms with E-state index in [1.807, 2.05) is 13.8 Å². The molecule has 0 heterocycles. The molecule has 0 radical (unpaired) electrons. The van der Waals surface area contributed by atoms with Crippen molar-refractivity contribution in [1.82, 2.24) is 4.90 Å². The summed E-state index contributed by atoms with van der Waals surface area (Å²) in [5.41, 5.74) is 0.270. The Morgan fingerprint density at radius 3 is 2.40 bits per heavy atom. The molecular weight excluding hydrogens is 282 g/mol. The highest BCUT2D eigenvalue weighted by atomic mass is 35.5. The molecular formula is C13H18ClN3O3. The number of anilines is 1. The van der Waals surface area contributed by atoms with Crippen LogP contribution >= 0.6 is 11.6 Å². The summed E-state index contributed by atoms with van der Waals surface area (Å²) in [5, 5.41) is 13.4. The van der Waals surface area contributed by atoms with Crippen molar-refractivity contribution in [1.29, 1.82) is 0 Å². The van der Waals surface area contributed by atoms with Gasteiger partial charge in [0.2, 0.25) is 0 Å². The summed E-state index contributed by atoms with van der Waals surface area (Å²) in [6, 6.07) is 3.73. The quantitative estimate of drug-likeness (QED) is 0.639. The fourth-order valence-corrected chi connectivity index (χ4v) is 1.99. The summed E-state index contributed by atoms with van der Waals surface area (Å²) in [5.74, 6) is 0. The monoisotopic (exact) mass is 299 g/mol. The minimum atomic E-state index is -0.530. The van der Waals surface area contributed by atoms with E-state index >= 15 is 0 Å². The molecule has 1 N–H and O–H groups in total. The minimum Gasteiger partial charge on any atom is -0.325 e. The van der Waals surface area contributed by atoms with Gasteiger partial charge in [-0.3, -0.25) is 10.1 Å². The van der Waals surface area contributed by atoms with Gasteiger partial charge in [-0.1, -0.05) is 25.4 Å². The summed E-state index contributed by atoms with van der Waals surface area (Å²) in [7, 11) is 0. The number of carbonyl (C=O) groups is 1. The van der Waals surface area contributed by atoms with Crippen LogP contribution < -0.4 is 5.32 Å². The van der Waals surface area contributed by atoms with E-state index in [4.69, 9.17) is 11.6 Å². The lowest BCUT2D eigenvalue weighted by atomic mass is 10.3. The Hall–Kier alpha value is -1.82. The van der Waals surface area contributed by atoms with Crippen molar-refractivity contribution < 1.29 is 9.72 Å². The smallest absolute Gasteiger partial charge is 0.321 e. The van der Waals surface area contributed by atoms with Gasteiger partial charge in [0.15, 0.2) is 0 Å². The normalized spacial score (nSPS) is 10.2. The van der Waals surface area contributed by atoms with E-state index in [0.717, 1.165) is 12.8 Å². The second-order valence-electron chi connectivity index (χ2n) is 4.34. The van der Waals surface area contributed by atoms with Crippen LogP contribution in [0.25, 0.3) is 0 Å². The average molecular weight is 300 g/mol. The van der Waals surface area contributed by atoms with Gasteiger partial charge >= 0.3 is 6.03 Å². The molecule has 0 aliphatic rings. The molecule has 0 fully saturated rings. The highest BCUT2D eigenvalue weighted by Gasteiger charge is 2.15. The molecule has 0 spiro atoms. The number of carbonyl (C=O) groups excluding carboxylic acids is 1. The van der Waals surface area contributed by atoms with E-state index in [0.29, 0.717) is 18.8 Å². The fourth-order valence-electron chi connectivity index (χ4n) is 1.77. The molecule has 0 aliphatic heterocycles. The number of nitrogens with zero attached hydrogens (tertiary/aromatic N) is 2. The summed E-state index contributed by atoms with van der Waals surface area (Å²) >= 11 is 5.94. The first-order chi connectivity index (χ1) is 9.49.